The van der Waals surface area contributed by atoms with Gasteiger partial charge in [0.2, 0.25) is 0 Å². The summed E-state index contributed by atoms with van der Waals surface area (Å²) in [5, 5.41) is 3.56. The molecule has 0 unspecified atom stereocenters. The molecule has 2 rings (SSSR count). The van der Waals surface area contributed by atoms with Gasteiger partial charge in [-0.25, -0.2) is 4.98 Å². The number of nitrogens with zero attached hydrogens (tertiary/aromatic N) is 3. The van der Waals surface area contributed by atoms with Crippen molar-refractivity contribution < 1.29 is 0 Å². The largest absolute Gasteiger partial charge is 0.332 e. The smallest absolute Gasteiger partial charge is 0.0949 e. The lowest BCUT2D eigenvalue weighted by molar-refractivity contribution is 0.132. The first-order chi connectivity index (χ1) is 9.32. The van der Waals surface area contributed by atoms with E-state index in [0.717, 1.165) is 13.1 Å². The van der Waals surface area contributed by atoms with Crippen molar-refractivity contribution in [1.82, 2.24) is 19.8 Å². The Labute approximate surface area is 123 Å². The van der Waals surface area contributed by atoms with E-state index >= 15 is 0 Å². The number of likely N-dealkylation sites (N-methyl/N-ethyl adjacent to an activating group) is 1. The first-order valence-electron chi connectivity index (χ1n) is 7.74. The van der Waals surface area contributed by atoms with E-state index in [1.807, 2.05) is 12.5 Å². The minimum atomic E-state index is 0.141. The molecule has 1 aromatic rings. The lowest BCUT2D eigenvalue weighted by Crippen LogP contribution is -2.45. The highest BCUT2D eigenvalue weighted by molar-refractivity contribution is 5.03. The molecule has 1 aromatic heterocycles. The molecule has 114 valence electrons. The van der Waals surface area contributed by atoms with Crippen LogP contribution in [0.3, 0.4) is 0 Å². The zero-order valence-electron chi connectivity index (χ0n) is 13.7. The molecule has 0 aliphatic heterocycles. The molecule has 0 atom stereocenters. The number of hydrogen-bond acceptors (Lipinski definition) is 3. The summed E-state index contributed by atoms with van der Waals surface area (Å²) in [5.41, 5.74) is 1.74. The van der Waals surface area contributed by atoms with Crippen LogP contribution in [0.5, 0.6) is 0 Å². The van der Waals surface area contributed by atoms with E-state index in [-0.39, 0.29) is 5.54 Å². The topological polar surface area (TPSA) is 33.1 Å². The minimum Gasteiger partial charge on any atom is -0.332 e. The van der Waals surface area contributed by atoms with Crippen molar-refractivity contribution in [2.45, 2.75) is 70.6 Å². The molecular formula is C16H30N4. The lowest BCUT2D eigenvalue weighted by Gasteiger charge is -2.37. The van der Waals surface area contributed by atoms with Gasteiger partial charge in [-0.2, -0.15) is 0 Å². The Balaban J connectivity index is 2.08. The number of hydrogen-bond donors (Lipinski definition) is 1. The van der Waals surface area contributed by atoms with Gasteiger partial charge in [0.25, 0.3) is 0 Å². The van der Waals surface area contributed by atoms with Crippen molar-refractivity contribution >= 4 is 0 Å². The van der Waals surface area contributed by atoms with Crippen LogP contribution in [0.4, 0.5) is 0 Å². The molecule has 20 heavy (non-hydrogen) atoms. The molecule has 1 N–H and O–H groups in total. The minimum absolute atomic E-state index is 0.141. The Kier molecular flexibility index (Phi) is 4.55. The van der Waals surface area contributed by atoms with Crippen LogP contribution in [0.1, 0.15) is 52.1 Å². The van der Waals surface area contributed by atoms with Crippen LogP contribution in [0.25, 0.3) is 0 Å². The van der Waals surface area contributed by atoms with Crippen LogP contribution in [-0.4, -0.2) is 39.6 Å². The maximum absolute atomic E-state index is 4.36. The first-order valence-corrected chi connectivity index (χ1v) is 7.74. The van der Waals surface area contributed by atoms with Crippen molar-refractivity contribution in [3.8, 4) is 0 Å². The van der Waals surface area contributed by atoms with Gasteiger partial charge in [-0.15, -0.1) is 0 Å². The summed E-state index contributed by atoms with van der Waals surface area (Å²) < 4.78 is 2.34. The third-order valence-electron chi connectivity index (χ3n) is 4.55. The Morgan fingerprint density at radius 3 is 2.50 bits per heavy atom. The van der Waals surface area contributed by atoms with Crippen molar-refractivity contribution in [2.24, 2.45) is 0 Å². The van der Waals surface area contributed by atoms with Crippen molar-refractivity contribution in [3.05, 3.63) is 18.2 Å². The highest BCUT2D eigenvalue weighted by Gasteiger charge is 2.36. The van der Waals surface area contributed by atoms with Gasteiger partial charge in [0.15, 0.2) is 0 Å². The summed E-state index contributed by atoms with van der Waals surface area (Å²) in [5.74, 6) is 0. The van der Waals surface area contributed by atoms with Gasteiger partial charge < -0.3 is 14.8 Å². The standard InChI is InChI=1S/C16H30N4/c1-15(2,3)18-11-14-10-17-13-20(14)12-16(19(4)5)8-6-7-9-16/h10,13,18H,6-9,11-12H2,1-5H3. The van der Waals surface area contributed by atoms with Crippen molar-refractivity contribution in [3.63, 3.8) is 0 Å². The molecular weight excluding hydrogens is 248 g/mol. The van der Waals surface area contributed by atoms with Gasteiger partial charge in [-0.05, 0) is 47.7 Å². The summed E-state index contributed by atoms with van der Waals surface area (Å²) >= 11 is 0. The molecule has 1 heterocycles. The normalized spacial score (nSPS) is 18.9. The zero-order valence-corrected chi connectivity index (χ0v) is 13.7. The van der Waals surface area contributed by atoms with E-state index in [1.165, 1.54) is 31.4 Å². The van der Waals surface area contributed by atoms with Crippen LogP contribution in [0.15, 0.2) is 12.5 Å². The second kappa shape index (κ2) is 5.86. The predicted molar refractivity (Wildman–Crippen MR) is 83.7 cm³/mol. The zero-order chi connectivity index (χ0) is 14.8. The average Bonchev–Trinajstić information content (AvgIpc) is 2.96. The molecule has 1 aliphatic rings. The maximum Gasteiger partial charge on any atom is 0.0949 e. The van der Waals surface area contributed by atoms with Crippen molar-refractivity contribution in [1.29, 1.82) is 0 Å². The molecule has 0 aromatic carbocycles. The van der Waals surface area contributed by atoms with E-state index in [9.17, 15) is 0 Å². The van der Waals surface area contributed by atoms with Crippen LogP contribution in [0.2, 0.25) is 0 Å². The molecule has 1 aliphatic carbocycles. The van der Waals surface area contributed by atoms with E-state index in [2.05, 4.69) is 54.6 Å². The van der Waals surface area contributed by atoms with E-state index in [4.69, 9.17) is 0 Å². The summed E-state index contributed by atoms with van der Waals surface area (Å²) in [6.07, 6.45) is 9.28. The number of imidazole rings is 1. The Morgan fingerprint density at radius 2 is 1.95 bits per heavy atom. The molecule has 4 heteroatoms. The monoisotopic (exact) mass is 278 g/mol. The van der Waals surface area contributed by atoms with Crippen LogP contribution >= 0.6 is 0 Å². The molecule has 0 amide bonds. The highest BCUT2D eigenvalue weighted by Crippen LogP contribution is 2.35. The summed E-state index contributed by atoms with van der Waals surface area (Å²) in [6, 6.07) is 0. The molecule has 0 saturated heterocycles. The van der Waals surface area contributed by atoms with Gasteiger partial charge in [-0.1, -0.05) is 12.8 Å². The summed E-state index contributed by atoms with van der Waals surface area (Å²) in [7, 11) is 4.44. The quantitative estimate of drug-likeness (QED) is 0.899. The Bertz CT molecular complexity index is 422. The molecule has 4 nitrogen and oxygen atoms in total. The lowest BCUT2D eigenvalue weighted by atomic mass is 9.96. The maximum atomic E-state index is 4.36. The predicted octanol–water partition coefficient (Wildman–Crippen LogP) is 2.65. The average molecular weight is 278 g/mol. The number of aromatic nitrogens is 2. The van der Waals surface area contributed by atoms with Crippen LogP contribution < -0.4 is 5.32 Å². The van der Waals surface area contributed by atoms with Gasteiger partial charge in [0.1, 0.15) is 0 Å². The fraction of sp³-hybridized carbons (Fsp3) is 0.812. The van der Waals surface area contributed by atoms with E-state index in [0.29, 0.717) is 5.54 Å². The summed E-state index contributed by atoms with van der Waals surface area (Å²) in [6.45, 7) is 8.54. The SMILES string of the molecule is CN(C)C1(Cn2cncc2CNC(C)(C)C)CCCC1. The summed E-state index contributed by atoms with van der Waals surface area (Å²) in [4.78, 5) is 6.78. The fourth-order valence-electron chi connectivity index (χ4n) is 3.09. The second-order valence-electron chi connectivity index (χ2n) is 7.44. The first kappa shape index (κ1) is 15.5. The van der Waals surface area contributed by atoms with E-state index < -0.39 is 0 Å². The number of rotatable bonds is 5. The molecule has 1 saturated carbocycles. The van der Waals surface area contributed by atoms with Gasteiger partial charge in [0, 0.05) is 30.4 Å². The fourth-order valence-corrected chi connectivity index (χ4v) is 3.09. The molecule has 0 radical (unpaired) electrons. The Morgan fingerprint density at radius 1 is 1.30 bits per heavy atom. The molecule has 1 fully saturated rings. The molecule has 0 bridgehead atoms. The van der Waals surface area contributed by atoms with Crippen molar-refractivity contribution in [2.75, 3.05) is 14.1 Å². The van der Waals surface area contributed by atoms with E-state index in [1.54, 1.807) is 0 Å². The third kappa shape index (κ3) is 3.61. The second-order valence-corrected chi connectivity index (χ2v) is 7.44. The Hall–Kier alpha value is -0.870. The van der Waals surface area contributed by atoms with Gasteiger partial charge in [0.05, 0.1) is 12.0 Å². The number of nitrogens with one attached hydrogen (secondary N) is 1. The van der Waals surface area contributed by atoms with Gasteiger partial charge >= 0.3 is 0 Å². The van der Waals surface area contributed by atoms with Gasteiger partial charge in [-0.3, -0.25) is 0 Å². The molecule has 0 spiro atoms. The van der Waals surface area contributed by atoms with Crippen LogP contribution in [0, 0.1) is 0 Å². The highest BCUT2D eigenvalue weighted by atomic mass is 15.2. The third-order valence-corrected chi connectivity index (χ3v) is 4.55. The van der Waals surface area contributed by atoms with Crippen LogP contribution in [-0.2, 0) is 13.1 Å².